The van der Waals surface area contributed by atoms with E-state index in [0.717, 1.165) is 40.2 Å². The van der Waals surface area contributed by atoms with Gasteiger partial charge in [-0.15, -0.1) is 0 Å². The molecule has 0 radical (unpaired) electrons. The highest BCUT2D eigenvalue weighted by molar-refractivity contribution is 6.17. The summed E-state index contributed by atoms with van der Waals surface area (Å²) in [5.41, 5.74) is 13.6. The van der Waals surface area contributed by atoms with Crippen LogP contribution in [0.2, 0.25) is 0 Å². The van der Waals surface area contributed by atoms with Crippen molar-refractivity contribution in [3.05, 3.63) is 107 Å². The lowest BCUT2D eigenvalue weighted by molar-refractivity contribution is 1.16. The predicted molar refractivity (Wildman–Crippen MR) is 112 cm³/mol. The van der Waals surface area contributed by atoms with E-state index in [1.807, 2.05) is 48.5 Å². The molecule has 130 valence electrons. The molecule has 3 aromatic rings. The summed E-state index contributed by atoms with van der Waals surface area (Å²) < 4.78 is 0. The number of nitrogens with two attached hydrogens (primary N) is 1. The van der Waals surface area contributed by atoms with Gasteiger partial charge in [-0.25, -0.2) is 4.99 Å². The Balaban J connectivity index is 2.17. The van der Waals surface area contributed by atoms with E-state index in [2.05, 4.69) is 50.2 Å². The molecule has 0 aliphatic carbocycles. The number of rotatable bonds is 5. The van der Waals surface area contributed by atoms with E-state index < -0.39 is 0 Å². The van der Waals surface area contributed by atoms with Gasteiger partial charge in [-0.05, 0) is 31.0 Å². The third-order valence-corrected chi connectivity index (χ3v) is 4.37. The van der Waals surface area contributed by atoms with Gasteiger partial charge in [-0.2, -0.15) is 0 Å². The fourth-order valence-electron chi connectivity index (χ4n) is 2.93. The summed E-state index contributed by atoms with van der Waals surface area (Å²) in [4.78, 5) is 4.94. The second-order valence-electron chi connectivity index (χ2n) is 6.27. The number of aryl methyl sites for hydroxylation is 1. The molecule has 0 spiro atoms. The quantitative estimate of drug-likeness (QED) is 0.577. The maximum Gasteiger partial charge on any atom is 0.0761 e. The van der Waals surface area contributed by atoms with Gasteiger partial charge in [0.25, 0.3) is 0 Å². The van der Waals surface area contributed by atoms with Gasteiger partial charge in [0, 0.05) is 16.8 Å². The third-order valence-electron chi connectivity index (χ3n) is 4.37. The number of para-hydroxylation sites is 1. The number of allylic oxidation sites excluding steroid dienone is 1. The van der Waals surface area contributed by atoms with Crippen LogP contribution in [0.1, 0.15) is 30.0 Å². The van der Waals surface area contributed by atoms with Crippen molar-refractivity contribution in [2.75, 3.05) is 0 Å². The maximum atomic E-state index is 6.59. The second-order valence-corrected chi connectivity index (χ2v) is 6.27. The molecule has 0 heterocycles. The first-order valence-electron chi connectivity index (χ1n) is 8.94. The van der Waals surface area contributed by atoms with Crippen LogP contribution in [-0.2, 0) is 0 Å². The summed E-state index contributed by atoms with van der Waals surface area (Å²) in [6.45, 7) is 4.20. The van der Waals surface area contributed by atoms with Crippen molar-refractivity contribution in [3.8, 4) is 0 Å². The van der Waals surface area contributed by atoms with Crippen molar-refractivity contribution < 1.29 is 0 Å². The van der Waals surface area contributed by atoms with E-state index >= 15 is 0 Å². The Bertz CT molecular complexity index is 905. The van der Waals surface area contributed by atoms with Crippen LogP contribution in [-0.4, -0.2) is 5.71 Å². The predicted octanol–water partition coefficient (Wildman–Crippen LogP) is 5.90. The smallest absolute Gasteiger partial charge is 0.0761 e. The molecule has 0 bridgehead atoms. The van der Waals surface area contributed by atoms with Gasteiger partial charge in [-0.3, -0.25) is 0 Å². The molecule has 2 heteroatoms. The van der Waals surface area contributed by atoms with Gasteiger partial charge in [0.1, 0.15) is 0 Å². The first-order chi connectivity index (χ1) is 12.7. The molecule has 0 aromatic heterocycles. The van der Waals surface area contributed by atoms with Gasteiger partial charge >= 0.3 is 0 Å². The number of nitrogens with zero attached hydrogens (tertiary/aromatic N) is 1. The van der Waals surface area contributed by atoms with E-state index in [9.17, 15) is 0 Å². The van der Waals surface area contributed by atoms with E-state index in [-0.39, 0.29) is 0 Å². The summed E-state index contributed by atoms with van der Waals surface area (Å²) in [5, 5.41) is 0. The van der Waals surface area contributed by atoms with Crippen molar-refractivity contribution in [2.45, 2.75) is 20.3 Å². The zero-order chi connectivity index (χ0) is 18.4. The van der Waals surface area contributed by atoms with Crippen molar-refractivity contribution in [2.24, 2.45) is 10.7 Å². The van der Waals surface area contributed by atoms with Crippen LogP contribution in [0.15, 0.2) is 95.5 Å². The summed E-state index contributed by atoms with van der Waals surface area (Å²) in [5.74, 6) is 0. The highest BCUT2D eigenvalue weighted by atomic mass is 14.8. The van der Waals surface area contributed by atoms with E-state index in [4.69, 9.17) is 10.7 Å². The Morgan fingerprint density at radius 1 is 0.769 bits per heavy atom. The fraction of sp³-hybridized carbons (Fsp3) is 0.125. The van der Waals surface area contributed by atoms with Gasteiger partial charge < -0.3 is 5.73 Å². The Kier molecular flexibility index (Phi) is 5.65. The number of aliphatic imine (C=N–C) groups is 1. The average Bonchev–Trinajstić information content (AvgIpc) is 2.69. The van der Waals surface area contributed by atoms with Crippen LogP contribution in [0.4, 0.5) is 5.69 Å². The SMILES string of the molecule is CC/C(C(=Nc1ccccc1)c1ccccc1)=C(/N)c1ccc(C)cc1. The highest BCUT2D eigenvalue weighted by Crippen LogP contribution is 2.24. The van der Waals surface area contributed by atoms with Crippen molar-refractivity contribution >= 4 is 17.1 Å². The van der Waals surface area contributed by atoms with Crippen LogP contribution in [0.3, 0.4) is 0 Å². The van der Waals surface area contributed by atoms with Crippen LogP contribution >= 0.6 is 0 Å². The Morgan fingerprint density at radius 3 is 1.92 bits per heavy atom. The van der Waals surface area contributed by atoms with Crippen LogP contribution in [0, 0.1) is 6.92 Å². The monoisotopic (exact) mass is 340 g/mol. The molecule has 2 N–H and O–H groups in total. The first kappa shape index (κ1) is 17.7. The summed E-state index contributed by atoms with van der Waals surface area (Å²) >= 11 is 0. The number of hydrogen-bond acceptors (Lipinski definition) is 2. The topological polar surface area (TPSA) is 38.4 Å². The minimum absolute atomic E-state index is 0.783. The summed E-state index contributed by atoms with van der Waals surface area (Å²) in [6, 6.07) is 28.6. The van der Waals surface area contributed by atoms with E-state index in [1.54, 1.807) is 0 Å². The van der Waals surface area contributed by atoms with Crippen molar-refractivity contribution in [3.63, 3.8) is 0 Å². The molecular formula is C24H24N2. The molecule has 2 nitrogen and oxygen atoms in total. The highest BCUT2D eigenvalue weighted by Gasteiger charge is 2.14. The minimum Gasteiger partial charge on any atom is -0.398 e. The molecule has 0 saturated carbocycles. The Labute approximate surface area is 155 Å². The zero-order valence-corrected chi connectivity index (χ0v) is 15.3. The number of hydrogen-bond donors (Lipinski definition) is 1. The van der Waals surface area contributed by atoms with Crippen LogP contribution in [0.5, 0.6) is 0 Å². The molecule has 3 rings (SSSR count). The summed E-state index contributed by atoms with van der Waals surface area (Å²) in [7, 11) is 0. The standard InChI is InChI=1S/C24H24N2/c1-3-22(23(25)19-16-14-18(2)15-17-19)24(20-10-6-4-7-11-20)26-21-12-8-5-9-13-21/h4-17H,3,25H2,1-2H3/b23-22-,26-24?. The van der Waals surface area contributed by atoms with E-state index in [0.29, 0.717) is 0 Å². The summed E-state index contributed by atoms with van der Waals surface area (Å²) in [6.07, 6.45) is 0.806. The maximum absolute atomic E-state index is 6.59. The molecule has 26 heavy (non-hydrogen) atoms. The molecule has 0 fully saturated rings. The molecule has 0 amide bonds. The molecule has 0 unspecified atom stereocenters. The lowest BCUT2D eigenvalue weighted by atomic mass is 9.95. The third kappa shape index (κ3) is 4.09. The lowest BCUT2D eigenvalue weighted by Gasteiger charge is -2.15. The average molecular weight is 340 g/mol. The molecule has 0 atom stereocenters. The first-order valence-corrected chi connectivity index (χ1v) is 8.94. The lowest BCUT2D eigenvalue weighted by Crippen LogP contribution is -2.11. The van der Waals surface area contributed by atoms with Crippen molar-refractivity contribution in [1.82, 2.24) is 0 Å². The fourth-order valence-corrected chi connectivity index (χ4v) is 2.93. The second kappa shape index (κ2) is 8.30. The Hall–Kier alpha value is -3.13. The minimum atomic E-state index is 0.783. The molecular weight excluding hydrogens is 316 g/mol. The zero-order valence-electron chi connectivity index (χ0n) is 15.3. The molecule has 0 aliphatic rings. The van der Waals surface area contributed by atoms with Gasteiger partial charge in [0.2, 0.25) is 0 Å². The van der Waals surface area contributed by atoms with Gasteiger partial charge in [0.15, 0.2) is 0 Å². The van der Waals surface area contributed by atoms with Crippen LogP contribution < -0.4 is 5.73 Å². The number of benzene rings is 3. The Morgan fingerprint density at radius 2 is 1.35 bits per heavy atom. The van der Waals surface area contributed by atoms with Gasteiger partial charge in [0.05, 0.1) is 11.4 Å². The van der Waals surface area contributed by atoms with E-state index in [1.165, 1.54) is 5.56 Å². The molecule has 0 aliphatic heterocycles. The van der Waals surface area contributed by atoms with Crippen molar-refractivity contribution in [1.29, 1.82) is 0 Å². The van der Waals surface area contributed by atoms with Gasteiger partial charge in [-0.1, -0.05) is 85.3 Å². The largest absolute Gasteiger partial charge is 0.398 e. The molecule has 0 saturated heterocycles. The molecule has 3 aromatic carbocycles. The van der Waals surface area contributed by atoms with Crippen LogP contribution in [0.25, 0.3) is 5.70 Å². The normalized spacial score (nSPS) is 12.6.